The zero-order valence-electron chi connectivity index (χ0n) is 18.4. The van der Waals surface area contributed by atoms with Gasteiger partial charge in [-0.15, -0.1) is 0 Å². The number of aromatic nitrogens is 1. The van der Waals surface area contributed by atoms with E-state index in [1.54, 1.807) is 11.3 Å². The zero-order valence-corrected chi connectivity index (χ0v) is 20.0. The van der Waals surface area contributed by atoms with Crippen LogP contribution in [-0.2, 0) is 7.05 Å². The van der Waals surface area contributed by atoms with Gasteiger partial charge in [-0.3, -0.25) is 0 Å². The quantitative estimate of drug-likeness (QED) is 0.240. The molecule has 0 radical (unpaired) electrons. The summed E-state index contributed by atoms with van der Waals surface area (Å²) in [6.45, 7) is 4.81. The van der Waals surface area contributed by atoms with Crippen molar-refractivity contribution in [3.05, 3.63) is 96.2 Å². The standard InChI is InChI=1S/C26H30N3S2/c1-5-8-21(15-16-27-2)11-12-22-13-14-25(24-10-7-6-9-23(22)24)28(3)17-19-30-26-29(4)18-20-31-26/h5-16,18,20,27H,1,17,19H2,2-4H3/q+1/b12-11+,16-15-,21-8-. The number of nitrogens with zero attached hydrogens (tertiary/aromatic N) is 2. The van der Waals surface area contributed by atoms with Gasteiger partial charge in [0.25, 0.3) is 4.34 Å². The van der Waals surface area contributed by atoms with E-state index < -0.39 is 0 Å². The summed E-state index contributed by atoms with van der Waals surface area (Å²) in [4.78, 5) is 2.36. The van der Waals surface area contributed by atoms with Gasteiger partial charge in [-0.05, 0) is 46.6 Å². The van der Waals surface area contributed by atoms with Crippen molar-refractivity contribution in [3.8, 4) is 0 Å². The number of thioether (sulfide) groups is 1. The lowest BCUT2D eigenvalue weighted by molar-refractivity contribution is -0.702. The summed E-state index contributed by atoms with van der Waals surface area (Å²) in [6, 6.07) is 13.1. The van der Waals surface area contributed by atoms with Crippen LogP contribution in [0.25, 0.3) is 16.8 Å². The average Bonchev–Trinajstić information content (AvgIpc) is 3.20. The first-order valence-corrected chi connectivity index (χ1v) is 12.1. The Kier molecular flexibility index (Phi) is 8.56. The molecular weight excluding hydrogens is 418 g/mol. The minimum Gasteiger partial charge on any atom is -0.394 e. The Morgan fingerprint density at radius 3 is 2.71 bits per heavy atom. The van der Waals surface area contributed by atoms with Crippen molar-refractivity contribution >= 4 is 45.6 Å². The summed E-state index contributed by atoms with van der Waals surface area (Å²) >= 11 is 3.71. The van der Waals surface area contributed by atoms with Gasteiger partial charge >= 0.3 is 0 Å². The average molecular weight is 449 g/mol. The summed E-state index contributed by atoms with van der Waals surface area (Å²) in [5, 5.41) is 7.71. The number of nitrogens with one attached hydrogen (secondary N) is 1. The Labute approximate surface area is 194 Å². The topological polar surface area (TPSA) is 19.1 Å². The molecule has 160 valence electrons. The Bertz CT molecular complexity index is 1110. The number of aryl methyl sites for hydroxylation is 1. The van der Waals surface area contributed by atoms with Gasteiger partial charge in [0, 0.05) is 37.5 Å². The Morgan fingerprint density at radius 2 is 2.00 bits per heavy atom. The van der Waals surface area contributed by atoms with Gasteiger partial charge in [0.2, 0.25) is 0 Å². The molecule has 0 spiro atoms. The van der Waals surface area contributed by atoms with E-state index >= 15 is 0 Å². The molecule has 1 N–H and O–H groups in total. The first kappa shape index (κ1) is 22.9. The number of fused-ring (bicyclic) bond motifs is 1. The summed E-state index contributed by atoms with van der Waals surface area (Å²) < 4.78 is 3.53. The molecule has 5 heteroatoms. The molecule has 0 aliphatic carbocycles. The highest BCUT2D eigenvalue weighted by Crippen LogP contribution is 2.30. The summed E-state index contributed by atoms with van der Waals surface area (Å²) in [7, 11) is 6.18. The highest BCUT2D eigenvalue weighted by Gasteiger charge is 2.11. The van der Waals surface area contributed by atoms with Crippen LogP contribution in [0.2, 0.25) is 0 Å². The van der Waals surface area contributed by atoms with Gasteiger partial charge in [0.15, 0.2) is 6.20 Å². The first-order chi connectivity index (χ1) is 15.1. The fraction of sp³-hybridized carbons (Fsp3) is 0.192. The molecule has 1 aromatic heterocycles. The van der Waals surface area contributed by atoms with Crippen LogP contribution in [0.3, 0.4) is 0 Å². The summed E-state index contributed by atoms with van der Waals surface area (Å²) in [5.41, 5.74) is 3.56. The van der Waals surface area contributed by atoms with Crippen molar-refractivity contribution < 1.29 is 4.57 Å². The molecule has 31 heavy (non-hydrogen) atoms. The smallest absolute Gasteiger partial charge is 0.297 e. The third kappa shape index (κ3) is 6.12. The highest BCUT2D eigenvalue weighted by molar-refractivity contribution is 8.00. The fourth-order valence-corrected chi connectivity index (χ4v) is 5.38. The molecule has 0 unspecified atom stereocenters. The van der Waals surface area contributed by atoms with E-state index in [0.717, 1.165) is 17.9 Å². The lowest BCUT2D eigenvalue weighted by Crippen LogP contribution is -2.27. The highest BCUT2D eigenvalue weighted by atomic mass is 32.2. The maximum absolute atomic E-state index is 3.82. The van der Waals surface area contributed by atoms with Crippen molar-refractivity contribution in [2.75, 3.05) is 31.3 Å². The number of thiazole rings is 1. The monoisotopic (exact) mass is 448 g/mol. The normalized spacial score (nSPS) is 12.2. The predicted octanol–water partition coefficient (Wildman–Crippen LogP) is 5.81. The van der Waals surface area contributed by atoms with Crippen LogP contribution < -0.4 is 14.8 Å². The van der Waals surface area contributed by atoms with Crippen LogP contribution in [0, 0.1) is 0 Å². The SMILES string of the molecule is C=C/C=C(\C=C/NC)/C=C/c1ccc(N(C)CCSc2scc[n+]2C)c2ccccc12. The van der Waals surface area contributed by atoms with E-state index in [9.17, 15) is 0 Å². The maximum atomic E-state index is 3.82. The molecule has 3 nitrogen and oxygen atoms in total. The molecule has 3 aromatic rings. The number of benzene rings is 2. The second-order valence-corrected chi connectivity index (χ2v) is 9.36. The number of anilines is 1. The molecular formula is C26H30N3S2+. The number of hydrogen-bond acceptors (Lipinski definition) is 4. The molecule has 3 rings (SSSR count). The molecule has 0 saturated carbocycles. The van der Waals surface area contributed by atoms with Gasteiger partial charge in [-0.2, -0.15) is 4.57 Å². The molecule has 0 aliphatic heterocycles. The number of rotatable bonds is 10. The third-order valence-electron chi connectivity index (χ3n) is 4.95. The van der Waals surface area contributed by atoms with Crippen LogP contribution in [-0.4, -0.2) is 26.4 Å². The van der Waals surface area contributed by atoms with Crippen LogP contribution in [0.5, 0.6) is 0 Å². The largest absolute Gasteiger partial charge is 0.394 e. The van der Waals surface area contributed by atoms with Crippen molar-refractivity contribution in [2.45, 2.75) is 4.34 Å². The summed E-state index contributed by atoms with van der Waals surface area (Å²) in [6.07, 6.45) is 14.2. The van der Waals surface area contributed by atoms with Crippen LogP contribution in [0.4, 0.5) is 5.69 Å². The number of allylic oxidation sites excluding steroid dienone is 5. The molecule has 0 amide bonds. The van der Waals surface area contributed by atoms with Gasteiger partial charge in [-0.25, -0.2) is 0 Å². The van der Waals surface area contributed by atoms with E-state index in [1.807, 2.05) is 43.2 Å². The number of hydrogen-bond donors (Lipinski definition) is 1. The minimum absolute atomic E-state index is 0.989. The van der Waals surface area contributed by atoms with E-state index in [1.165, 1.54) is 26.4 Å². The molecule has 0 bridgehead atoms. The molecule has 0 aliphatic rings. The molecule has 2 aromatic carbocycles. The van der Waals surface area contributed by atoms with Crippen molar-refractivity contribution in [1.29, 1.82) is 0 Å². The van der Waals surface area contributed by atoms with Gasteiger partial charge in [-0.1, -0.05) is 72.6 Å². The Morgan fingerprint density at radius 1 is 1.19 bits per heavy atom. The van der Waals surface area contributed by atoms with Gasteiger partial charge in [0.1, 0.15) is 7.05 Å². The lowest BCUT2D eigenvalue weighted by atomic mass is 10.0. The van der Waals surface area contributed by atoms with E-state index in [0.29, 0.717) is 0 Å². The fourth-order valence-electron chi connectivity index (χ4n) is 3.30. The third-order valence-corrected chi connectivity index (χ3v) is 7.26. The van der Waals surface area contributed by atoms with Crippen molar-refractivity contribution in [2.24, 2.45) is 7.05 Å². The van der Waals surface area contributed by atoms with Gasteiger partial charge < -0.3 is 10.2 Å². The lowest BCUT2D eigenvalue weighted by Gasteiger charge is -2.21. The van der Waals surface area contributed by atoms with E-state index in [2.05, 4.69) is 95.6 Å². The minimum atomic E-state index is 0.989. The molecule has 0 atom stereocenters. The zero-order chi connectivity index (χ0) is 22.1. The Hall–Kier alpha value is -2.76. The summed E-state index contributed by atoms with van der Waals surface area (Å²) in [5.74, 6) is 1.05. The Balaban J connectivity index is 1.81. The predicted molar refractivity (Wildman–Crippen MR) is 139 cm³/mol. The molecule has 0 saturated heterocycles. The van der Waals surface area contributed by atoms with Crippen molar-refractivity contribution in [1.82, 2.24) is 5.32 Å². The van der Waals surface area contributed by atoms with E-state index in [-0.39, 0.29) is 0 Å². The molecule has 1 heterocycles. The maximum Gasteiger partial charge on any atom is 0.297 e. The van der Waals surface area contributed by atoms with E-state index in [4.69, 9.17) is 0 Å². The second-order valence-electron chi connectivity index (χ2n) is 7.13. The van der Waals surface area contributed by atoms with Crippen LogP contribution in [0.1, 0.15) is 5.56 Å². The molecule has 0 fully saturated rings. The van der Waals surface area contributed by atoms with Gasteiger partial charge in [0.05, 0.1) is 5.38 Å². The van der Waals surface area contributed by atoms with Crippen molar-refractivity contribution in [3.63, 3.8) is 0 Å². The van der Waals surface area contributed by atoms with Crippen LogP contribution in [0.15, 0.2) is 95.0 Å². The second kappa shape index (κ2) is 11.6. The van der Waals surface area contributed by atoms with Crippen LogP contribution >= 0.6 is 23.1 Å². The first-order valence-electron chi connectivity index (χ1n) is 10.3.